The summed E-state index contributed by atoms with van der Waals surface area (Å²) in [4.78, 5) is 54.6. The van der Waals surface area contributed by atoms with Crippen LogP contribution in [0.1, 0.15) is 42.0 Å². The molecule has 2 saturated heterocycles. The number of rotatable bonds is 17. The van der Waals surface area contributed by atoms with Crippen LogP contribution in [0.3, 0.4) is 0 Å². The first-order valence-electron chi connectivity index (χ1n) is 20.1. The quantitative estimate of drug-likeness (QED) is 0.0996. The summed E-state index contributed by atoms with van der Waals surface area (Å²) in [6.45, 7) is -2.29. The van der Waals surface area contributed by atoms with Crippen molar-refractivity contribution in [1.82, 2.24) is 24.0 Å². The van der Waals surface area contributed by atoms with Gasteiger partial charge in [-0.1, -0.05) is 54.6 Å². The molecule has 0 saturated carbocycles. The molecule has 5 aromatic rings. The van der Waals surface area contributed by atoms with E-state index in [2.05, 4.69) is 9.97 Å². The van der Waals surface area contributed by atoms with Crippen LogP contribution < -0.4 is 32.0 Å². The second kappa shape index (κ2) is 19.3. The SMILES string of the molecule is COc1ccc(C(OC[C@H]2O[C@@H](n3ccc(=O)[nH]c3=O)[C@H](F)[C@@H]2CCN(C[C@H]2C[C@@H](OC)[C@H](n3ccc(=O)[nH]c3=O)O2)CC(F)(F)F)(c2ccccc2)c2ccc(OC)cc2)cc1. The molecule has 0 radical (unpaired) electrons. The van der Waals surface area contributed by atoms with Gasteiger partial charge < -0.3 is 28.4 Å². The van der Waals surface area contributed by atoms with Crippen molar-refractivity contribution in [3.8, 4) is 11.5 Å². The Hall–Kier alpha value is -5.86. The predicted molar refractivity (Wildman–Crippen MR) is 220 cm³/mol. The lowest BCUT2D eigenvalue weighted by Gasteiger charge is -2.37. The van der Waals surface area contributed by atoms with E-state index in [1.54, 1.807) is 24.3 Å². The summed E-state index contributed by atoms with van der Waals surface area (Å²) in [5.41, 5.74) is -2.45. The highest BCUT2D eigenvalue weighted by Crippen LogP contribution is 2.44. The number of alkyl halides is 4. The fraction of sp³-hybridized carbons (Fsp3) is 0.409. The summed E-state index contributed by atoms with van der Waals surface area (Å²) in [6, 6.07) is 25.8. The molecule has 7 rings (SSSR count). The van der Waals surface area contributed by atoms with Gasteiger partial charge in [-0.25, -0.2) is 14.0 Å². The van der Waals surface area contributed by atoms with Gasteiger partial charge in [-0.3, -0.25) is 33.6 Å². The largest absolute Gasteiger partial charge is 0.497 e. The van der Waals surface area contributed by atoms with Crippen molar-refractivity contribution in [3.05, 3.63) is 162 Å². The summed E-state index contributed by atoms with van der Waals surface area (Å²) in [7, 11) is 4.45. The lowest BCUT2D eigenvalue weighted by molar-refractivity contribution is -0.151. The summed E-state index contributed by atoms with van der Waals surface area (Å²) in [5, 5.41) is 0. The van der Waals surface area contributed by atoms with Crippen molar-refractivity contribution in [1.29, 1.82) is 0 Å². The molecule has 0 amide bonds. The Morgan fingerprint density at radius 1 is 0.730 bits per heavy atom. The topological polar surface area (TPSA) is 168 Å². The molecule has 4 heterocycles. The number of H-pyrrole nitrogens is 2. The van der Waals surface area contributed by atoms with Crippen LogP contribution in [0.15, 0.2) is 123 Å². The molecular formula is C44H47F4N5O10. The van der Waals surface area contributed by atoms with E-state index in [0.29, 0.717) is 28.2 Å². The third-order valence-corrected chi connectivity index (χ3v) is 11.5. The lowest BCUT2D eigenvalue weighted by Crippen LogP contribution is -2.42. The van der Waals surface area contributed by atoms with Gasteiger partial charge in [0.1, 0.15) is 23.2 Å². The maximum absolute atomic E-state index is 17.0. The highest BCUT2D eigenvalue weighted by molar-refractivity contribution is 5.49. The minimum absolute atomic E-state index is 0.103. The zero-order valence-electron chi connectivity index (χ0n) is 34.5. The van der Waals surface area contributed by atoms with Gasteiger partial charge in [0, 0.05) is 50.5 Å². The summed E-state index contributed by atoms with van der Waals surface area (Å²) in [6.07, 6.45) is -9.79. The molecule has 0 spiro atoms. The van der Waals surface area contributed by atoms with Gasteiger partial charge >= 0.3 is 17.6 Å². The molecule has 336 valence electrons. The second-order valence-corrected chi connectivity index (χ2v) is 15.3. The molecule has 2 aliphatic rings. The predicted octanol–water partition coefficient (Wildman–Crippen LogP) is 4.52. The first-order valence-corrected chi connectivity index (χ1v) is 20.1. The molecule has 19 heteroatoms. The Bertz CT molecular complexity index is 2480. The van der Waals surface area contributed by atoms with E-state index in [1.165, 1.54) is 27.5 Å². The van der Waals surface area contributed by atoms with Crippen LogP contribution in [0.5, 0.6) is 11.5 Å². The van der Waals surface area contributed by atoms with E-state index >= 15 is 4.39 Å². The number of hydrogen-bond donors (Lipinski definition) is 2. The van der Waals surface area contributed by atoms with E-state index in [9.17, 15) is 32.3 Å². The standard InChI is InChI=1S/C44H47F4N5O10/c1-58-30-13-9-28(10-14-30)44(27-7-5-4-6-8-27,29-11-15-31(59-2)16-12-29)61-25-35-33(38(45)40(63-35)53-22-19-37(55)50-42(53)57)17-20-51(26-43(46,47)48)24-32-23-34(60-3)39(62-32)52-21-18-36(54)49-41(52)56/h4-16,18-19,21-22,32-35,38-40H,17,20,23-26H2,1-3H3,(H,49,54,56)(H,50,55,57)/t32-,33-,34-,35-,38-,39-,40-/m1/s1. The third-order valence-electron chi connectivity index (χ3n) is 11.5. The van der Waals surface area contributed by atoms with Gasteiger partial charge in [-0.2, -0.15) is 13.2 Å². The number of aromatic nitrogens is 4. The normalized spacial score (nSPS) is 22.7. The van der Waals surface area contributed by atoms with Crippen molar-refractivity contribution in [2.45, 2.75) is 61.6 Å². The molecule has 2 fully saturated rings. The van der Waals surface area contributed by atoms with Gasteiger partial charge in [0.15, 0.2) is 18.6 Å². The molecule has 2 aromatic heterocycles. The summed E-state index contributed by atoms with van der Waals surface area (Å²) in [5.74, 6) is 0.0108. The zero-order valence-corrected chi connectivity index (χ0v) is 34.5. The van der Waals surface area contributed by atoms with Crippen LogP contribution >= 0.6 is 0 Å². The Morgan fingerprint density at radius 2 is 1.27 bits per heavy atom. The number of aromatic amines is 2. The summed E-state index contributed by atoms with van der Waals surface area (Å²) >= 11 is 0. The van der Waals surface area contributed by atoms with Crippen LogP contribution in [0.4, 0.5) is 17.6 Å². The molecule has 2 aliphatic heterocycles. The average molecular weight is 882 g/mol. The highest BCUT2D eigenvalue weighted by atomic mass is 19.4. The summed E-state index contributed by atoms with van der Waals surface area (Å²) < 4.78 is 97.5. The van der Waals surface area contributed by atoms with Crippen molar-refractivity contribution >= 4 is 0 Å². The van der Waals surface area contributed by atoms with Crippen LogP contribution in [-0.2, 0) is 24.5 Å². The Kier molecular flexibility index (Phi) is 13.8. The van der Waals surface area contributed by atoms with Gasteiger partial charge in [-0.05, 0) is 53.9 Å². The number of hydrogen-bond acceptors (Lipinski definition) is 11. The van der Waals surface area contributed by atoms with Crippen LogP contribution in [0.2, 0.25) is 0 Å². The van der Waals surface area contributed by atoms with Crippen LogP contribution in [-0.4, -0.2) is 102 Å². The Morgan fingerprint density at radius 3 is 1.78 bits per heavy atom. The molecule has 0 aliphatic carbocycles. The van der Waals surface area contributed by atoms with Gasteiger partial charge in [0.05, 0.1) is 39.6 Å². The number of halogens is 4. The van der Waals surface area contributed by atoms with E-state index in [0.717, 1.165) is 32.4 Å². The smallest absolute Gasteiger partial charge is 0.401 e. The molecule has 7 atom stereocenters. The van der Waals surface area contributed by atoms with E-state index in [4.69, 9.17) is 28.4 Å². The fourth-order valence-electron chi connectivity index (χ4n) is 8.43. The maximum Gasteiger partial charge on any atom is 0.401 e. The number of methoxy groups -OCH3 is 3. The molecule has 0 unspecified atom stereocenters. The van der Waals surface area contributed by atoms with Crippen LogP contribution in [0.25, 0.3) is 0 Å². The number of nitrogens with one attached hydrogen (secondary N) is 2. The van der Waals surface area contributed by atoms with Crippen LogP contribution in [0, 0.1) is 5.92 Å². The highest BCUT2D eigenvalue weighted by Gasteiger charge is 2.49. The molecule has 63 heavy (non-hydrogen) atoms. The number of ether oxygens (including phenoxy) is 6. The van der Waals surface area contributed by atoms with E-state index < -0.39 is 83.7 Å². The average Bonchev–Trinajstić information content (AvgIpc) is 3.82. The second-order valence-electron chi connectivity index (χ2n) is 15.3. The minimum Gasteiger partial charge on any atom is -0.497 e. The van der Waals surface area contributed by atoms with Crippen molar-refractivity contribution in [2.24, 2.45) is 5.92 Å². The minimum atomic E-state index is -4.67. The molecule has 3 aromatic carbocycles. The zero-order chi connectivity index (χ0) is 44.9. The first-order chi connectivity index (χ1) is 30.2. The molecule has 2 N–H and O–H groups in total. The monoisotopic (exact) mass is 881 g/mol. The molecule has 15 nitrogen and oxygen atoms in total. The van der Waals surface area contributed by atoms with Crippen molar-refractivity contribution in [3.63, 3.8) is 0 Å². The van der Waals surface area contributed by atoms with Gasteiger partial charge in [0.25, 0.3) is 11.1 Å². The lowest BCUT2D eigenvalue weighted by atomic mass is 9.80. The number of benzene rings is 3. The van der Waals surface area contributed by atoms with Crippen molar-refractivity contribution in [2.75, 3.05) is 47.6 Å². The van der Waals surface area contributed by atoms with Gasteiger partial charge in [0.2, 0.25) is 0 Å². The van der Waals surface area contributed by atoms with Crippen molar-refractivity contribution < 1.29 is 46.0 Å². The molecule has 0 bridgehead atoms. The van der Waals surface area contributed by atoms with E-state index in [-0.39, 0.29) is 32.5 Å². The van der Waals surface area contributed by atoms with E-state index in [1.807, 2.05) is 54.6 Å². The van der Waals surface area contributed by atoms with Gasteiger partial charge in [-0.15, -0.1) is 0 Å². The Labute approximate surface area is 357 Å². The Balaban J connectivity index is 1.22. The maximum atomic E-state index is 17.0. The fourth-order valence-corrected chi connectivity index (χ4v) is 8.43. The molecular weight excluding hydrogens is 835 g/mol. The third kappa shape index (κ3) is 10.0. The number of nitrogens with zero attached hydrogens (tertiary/aromatic N) is 3. The first kappa shape index (κ1) is 45.2.